The molecule has 0 atom stereocenters. The second kappa shape index (κ2) is 5.67. The van der Waals surface area contributed by atoms with Crippen LogP contribution in [0.2, 0.25) is 0 Å². The van der Waals surface area contributed by atoms with Crippen LogP contribution < -0.4 is 10.6 Å². The molecular formula is C14H26N2O3. The fraction of sp³-hybridized carbons (Fsp3) is 0.929. The zero-order valence-electron chi connectivity index (χ0n) is 12.4. The molecule has 0 heterocycles. The molecule has 0 spiro atoms. The number of amides is 1. The maximum atomic E-state index is 11.6. The Morgan fingerprint density at radius 1 is 1.05 bits per heavy atom. The van der Waals surface area contributed by atoms with Crippen molar-refractivity contribution < 1.29 is 14.3 Å². The Morgan fingerprint density at radius 2 is 1.63 bits per heavy atom. The summed E-state index contributed by atoms with van der Waals surface area (Å²) in [5, 5.41) is 6.50. The van der Waals surface area contributed by atoms with Crippen LogP contribution in [0.15, 0.2) is 0 Å². The number of alkyl carbamates (subject to hydrolysis) is 1. The van der Waals surface area contributed by atoms with Gasteiger partial charge in [0.25, 0.3) is 0 Å². The highest BCUT2D eigenvalue weighted by Crippen LogP contribution is 2.27. The third kappa shape index (κ3) is 4.35. The first-order chi connectivity index (χ1) is 8.85. The molecule has 2 N–H and O–H groups in total. The van der Waals surface area contributed by atoms with E-state index in [2.05, 4.69) is 10.6 Å². The van der Waals surface area contributed by atoms with Gasteiger partial charge in [-0.15, -0.1) is 0 Å². The molecule has 2 aliphatic rings. The van der Waals surface area contributed by atoms with Crippen molar-refractivity contribution in [3.8, 4) is 0 Å². The van der Waals surface area contributed by atoms with Gasteiger partial charge in [0.15, 0.2) is 0 Å². The number of methoxy groups -OCH3 is 1. The van der Waals surface area contributed by atoms with E-state index in [0.717, 1.165) is 25.7 Å². The lowest BCUT2D eigenvalue weighted by molar-refractivity contribution is 0.00854. The Hall–Kier alpha value is -0.810. The summed E-state index contributed by atoms with van der Waals surface area (Å²) in [6.45, 7) is 5.63. The highest BCUT2D eigenvalue weighted by molar-refractivity contribution is 5.68. The topological polar surface area (TPSA) is 59.6 Å². The highest BCUT2D eigenvalue weighted by Gasteiger charge is 2.36. The molecular weight excluding hydrogens is 244 g/mol. The van der Waals surface area contributed by atoms with Crippen molar-refractivity contribution in [1.29, 1.82) is 0 Å². The average Bonchev–Trinajstić information content (AvgIpc) is 2.15. The molecule has 1 amide bonds. The number of ether oxygens (including phenoxy) is 2. The SMILES string of the molecule is COC1CC(NC2CC(NC(=O)OC(C)(C)C)C2)C1. The number of carbonyl (C=O) groups excluding carboxylic acids is 1. The fourth-order valence-corrected chi connectivity index (χ4v) is 2.57. The molecule has 2 fully saturated rings. The van der Waals surface area contributed by atoms with E-state index >= 15 is 0 Å². The summed E-state index contributed by atoms with van der Waals surface area (Å²) in [5.74, 6) is 0. The molecule has 19 heavy (non-hydrogen) atoms. The van der Waals surface area contributed by atoms with Gasteiger partial charge in [-0.3, -0.25) is 0 Å². The molecule has 0 aromatic carbocycles. The summed E-state index contributed by atoms with van der Waals surface area (Å²) in [6, 6.07) is 1.38. The van der Waals surface area contributed by atoms with E-state index in [1.165, 1.54) is 0 Å². The lowest BCUT2D eigenvalue weighted by atomic mass is 9.82. The maximum Gasteiger partial charge on any atom is 0.407 e. The molecule has 2 rings (SSSR count). The first-order valence-electron chi connectivity index (χ1n) is 7.14. The van der Waals surface area contributed by atoms with Crippen LogP contribution >= 0.6 is 0 Å². The summed E-state index contributed by atoms with van der Waals surface area (Å²) in [7, 11) is 1.77. The molecule has 0 unspecified atom stereocenters. The number of hydrogen-bond acceptors (Lipinski definition) is 4. The smallest absolute Gasteiger partial charge is 0.407 e. The van der Waals surface area contributed by atoms with Crippen LogP contribution in [-0.2, 0) is 9.47 Å². The molecule has 5 nitrogen and oxygen atoms in total. The van der Waals surface area contributed by atoms with Crippen LogP contribution in [0.25, 0.3) is 0 Å². The normalized spacial score (nSPS) is 34.1. The minimum absolute atomic E-state index is 0.255. The molecule has 2 aliphatic carbocycles. The molecule has 2 saturated carbocycles. The summed E-state index contributed by atoms with van der Waals surface area (Å²) < 4.78 is 10.5. The van der Waals surface area contributed by atoms with Gasteiger partial charge in [0.1, 0.15) is 5.60 Å². The zero-order chi connectivity index (χ0) is 14.0. The molecule has 0 saturated heterocycles. The summed E-state index contributed by atoms with van der Waals surface area (Å²) in [5.41, 5.74) is -0.424. The monoisotopic (exact) mass is 270 g/mol. The minimum atomic E-state index is -0.424. The number of carbonyl (C=O) groups is 1. The van der Waals surface area contributed by atoms with Gasteiger partial charge in [-0.05, 0) is 46.5 Å². The zero-order valence-corrected chi connectivity index (χ0v) is 12.4. The largest absolute Gasteiger partial charge is 0.444 e. The van der Waals surface area contributed by atoms with E-state index in [4.69, 9.17) is 9.47 Å². The first kappa shape index (κ1) is 14.6. The van der Waals surface area contributed by atoms with Gasteiger partial charge in [-0.1, -0.05) is 0 Å². The quantitative estimate of drug-likeness (QED) is 0.818. The molecule has 110 valence electrons. The van der Waals surface area contributed by atoms with E-state index in [1.807, 2.05) is 20.8 Å². The van der Waals surface area contributed by atoms with Crippen LogP contribution in [-0.4, -0.2) is 43.0 Å². The minimum Gasteiger partial charge on any atom is -0.444 e. The molecule has 0 aromatic heterocycles. The van der Waals surface area contributed by atoms with E-state index in [-0.39, 0.29) is 12.1 Å². The average molecular weight is 270 g/mol. The van der Waals surface area contributed by atoms with Crippen molar-refractivity contribution in [1.82, 2.24) is 10.6 Å². The van der Waals surface area contributed by atoms with Gasteiger partial charge < -0.3 is 20.1 Å². The Morgan fingerprint density at radius 3 is 2.16 bits per heavy atom. The lowest BCUT2D eigenvalue weighted by Crippen LogP contribution is -2.58. The third-order valence-corrected chi connectivity index (χ3v) is 3.76. The molecule has 0 bridgehead atoms. The predicted octanol–water partition coefficient (Wildman–Crippen LogP) is 1.81. The van der Waals surface area contributed by atoms with Crippen LogP contribution in [0.3, 0.4) is 0 Å². The van der Waals surface area contributed by atoms with Crippen molar-refractivity contribution in [3.05, 3.63) is 0 Å². The van der Waals surface area contributed by atoms with Crippen LogP contribution in [0, 0.1) is 0 Å². The number of nitrogens with one attached hydrogen (secondary N) is 2. The van der Waals surface area contributed by atoms with Crippen LogP contribution in [0.4, 0.5) is 4.79 Å². The Bertz CT molecular complexity index is 315. The van der Waals surface area contributed by atoms with Crippen molar-refractivity contribution in [3.63, 3.8) is 0 Å². The Labute approximate surface area is 115 Å². The second-order valence-electron chi connectivity index (χ2n) is 6.70. The predicted molar refractivity (Wildman–Crippen MR) is 73.1 cm³/mol. The standard InChI is InChI=1S/C14H26N2O3/c1-14(2,3)19-13(17)16-10-5-9(6-10)15-11-7-12(8-11)18-4/h9-12,15H,5-8H2,1-4H3,(H,16,17). The summed E-state index contributed by atoms with van der Waals surface area (Å²) in [6.07, 6.45) is 4.34. The van der Waals surface area contributed by atoms with Gasteiger partial charge in [0.2, 0.25) is 0 Å². The van der Waals surface area contributed by atoms with Gasteiger partial charge in [0.05, 0.1) is 6.10 Å². The molecule has 0 aromatic rings. The summed E-state index contributed by atoms with van der Waals surface area (Å²) >= 11 is 0. The van der Waals surface area contributed by atoms with Gasteiger partial charge in [-0.25, -0.2) is 4.79 Å². The molecule has 5 heteroatoms. The van der Waals surface area contributed by atoms with Crippen LogP contribution in [0.5, 0.6) is 0 Å². The fourth-order valence-electron chi connectivity index (χ4n) is 2.57. The molecule has 0 radical (unpaired) electrons. The highest BCUT2D eigenvalue weighted by atomic mass is 16.6. The van der Waals surface area contributed by atoms with E-state index in [9.17, 15) is 4.79 Å². The number of rotatable bonds is 4. The van der Waals surface area contributed by atoms with Gasteiger partial charge >= 0.3 is 6.09 Å². The first-order valence-corrected chi connectivity index (χ1v) is 7.14. The third-order valence-electron chi connectivity index (χ3n) is 3.76. The van der Waals surface area contributed by atoms with E-state index in [0.29, 0.717) is 18.2 Å². The van der Waals surface area contributed by atoms with Crippen molar-refractivity contribution in [2.45, 2.75) is 76.3 Å². The van der Waals surface area contributed by atoms with E-state index in [1.54, 1.807) is 7.11 Å². The second-order valence-corrected chi connectivity index (χ2v) is 6.70. The van der Waals surface area contributed by atoms with Gasteiger partial charge in [0, 0.05) is 25.2 Å². The Balaban J connectivity index is 1.55. The summed E-state index contributed by atoms with van der Waals surface area (Å²) in [4.78, 5) is 11.6. The Kier molecular flexibility index (Phi) is 4.36. The van der Waals surface area contributed by atoms with Crippen molar-refractivity contribution in [2.24, 2.45) is 0 Å². The lowest BCUT2D eigenvalue weighted by Gasteiger charge is -2.43. The van der Waals surface area contributed by atoms with Crippen molar-refractivity contribution in [2.75, 3.05) is 7.11 Å². The van der Waals surface area contributed by atoms with Crippen LogP contribution in [0.1, 0.15) is 46.5 Å². The maximum absolute atomic E-state index is 11.6. The number of hydrogen-bond donors (Lipinski definition) is 2. The van der Waals surface area contributed by atoms with Gasteiger partial charge in [-0.2, -0.15) is 0 Å². The van der Waals surface area contributed by atoms with E-state index < -0.39 is 5.60 Å². The molecule has 0 aliphatic heterocycles. The van der Waals surface area contributed by atoms with Crippen molar-refractivity contribution >= 4 is 6.09 Å².